The van der Waals surface area contributed by atoms with Crippen LogP contribution in [0.1, 0.15) is 42.7 Å². The number of rotatable bonds is 6. The highest BCUT2D eigenvalue weighted by Gasteiger charge is 2.20. The molecule has 0 spiro atoms. The predicted octanol–water partition coefficient (Wildman–Crippen LogP) is 5.27. The minimum absolute atomic E-state index is 0.184. The lowest BCUT2D eigenvalue weighted by Crippen LogP contribution is -2.16. The maximum Gasteiger partial charge on any atom is 0.161 e. The van der Waals surface area contributed by atoms with Gasteiger partial charge in [-0.25, -0.2) is 0 Å². The summed E-state index contributed by atoms with van der Waals surface area (Å²) in [7, 11) is 0. The molecule has 0 radical (unpaired) electrons. The molecule has 1 heterocycles. The molecule has 3 aromatic carbocycles. The van der Waals surface area contributed by atoms with Crippen LogP contribution in [-0.2, 0) is 0 Å². The van der Waals surface area contributed by atoms with Gasteiger partial charge >= 0.3 is 0 Å². The number of benzene rings is 3. The highest BCUT2D eigenvalue weighted by atomic mass is 16.6. The number of fused-ring (bicyclic) bond motifs is 2. The molecule has 0 amide bonds. The molecule has 27 heavy (non-hydrogen) atoms. The molecule has 1 aliphatic heterocycles. The molecule has 0 aromatic heterocycles. The molecule has 3 aromatic rings. The SMILES string of the molecule is C[C@@H](C[C@H](CCO)c1ccc2c(c1)OCCO2)c1ccc2ccccc2c1. The van der Waals surface area contributed by atoms with Crippen molar-refractivity contribution < 1.29 is 14.6 Å². The third-order valence-corrected chi connectivity index (χ3v) is 5.50. The van der Waals surface area contributed by atoms with Crippen LogP contribution in [0.3, 0.4) is 0 Å². The maximum atomic E-state index is 9.61. The normalized spacial score (nSPS) is 15.5. The van der Waals surface area contributed by atoms with Crippen LogP contribution in [0.2, 0.25) is 0 Å². The Labute approximate surface area is 160 Å². The van der Waals surface area contributed by atoms with E-state index >= 15 is 0 Å². The first-order valence-corrected chi connectivity index (χ1v) is 9.73. The smallest absolute Gasteiger partial charge is 0.161 e. The van der Waals surface area contributed by atoms with Crippen LogP contribution in [0, 0.1) is 0 Å². The van der Waals surface area contributed by atoms with Crippen LogP contribution in [0.4, 0.5) is 0 Å². The van der Waals surface area contributed by atoms with Gasteiger partial charge in [0, 0.05) is 6.61 Å². The van der Waals surface area contributed by atoms with Crippen molar-refractivity contribution in [2.75, 3.05) is 19.8 Å². The van der Waals surface area contributed by atoms with E-state index in [-0.39, 0.29) is 12.5 Å². The Morgan fingerprint density at radius 3 is 2.41 bits per heavy atom. The average molecular weight is 362 g/mol. The van der Waals surface area contributed by atoms with Crippen molar-refractivity contribution in [3.63, 3.8) is 0 Å². The third-order valence-electron chi connectivity index (χ3n) is 5.50. The number of ether oxygens (including phenoxy) is 2. The molecule has 3 heteroatoms. The van der Waals surface area contributed by atoms with E-state index in [1.165, 1.54) is 21.9 Å². The van der Waals surface area contributed by atoms with Crippen molar-refractivity contribution in [2.24, 2.45) is 0 Å². The molecule has 1 N–H and O–H groups in total. The van der Waals surface area contributed by atoms with Crippen molar-refractivity contribution >= 4 is 10.8 Å². The monoisotopic (exact) mass is 362 g/mol. The lowest BCUT2D eigenvalue weighted by atomic mass is 9.84. The average Bonchev–Trinajstić information content (AvgIpc) is 2.72. The highest BCUT2D eigenvalue weighted by Crippen LogP contribution is 2.38. The molecule has 1 aliphatic rings. The van der Waals surface area contributed by atoms with Crippen LogP contribution in [0.5, 0.6) is 11.5 Å². The van der Waals surface area contributed by atoms with E-state index in [1.807, 2.05) is 6.07 Å². The standard InChI is InChI=1S/C24H26O3/c1-17(19-7-6-18-4-2-3-5-20(18)15-19)14-22(10-11-25)21-8-9-23-24(16-21)27-13-12-26-23/h2-9,15-17,22,25H,10-14H2,1H3/t17-,22-/m0/s1. The fourth-order valence-electron chi connectivity index (χ4n) is 3.97. The first-order valence-electron chi connectivity index (χ1n) is 9.73. The van der Waals surface area contributed by atoms with E-state index in [0.29, 0.717) is 19.1 Å². The van der Waals surface area contributed by atoms with Crippen molar-refractivity contribution in [2.45, 2.75) is 31.6 Å². The van der Waals surface area contributed by atoms with Gasteiger partial charge < -0.3 is 14.6 Å². The molecule has 0 unspecified atom stereocenters. The van der Waals surface area contributed by atoms with Crippen LogP contribution < -0.4 is 9.47 Å². The second-order valence-electron chi connectivity index (χ2n) is 7.36. The summed E-state index contributed by atoms with van der Waals surface area (Å²) in [5, 5.41) is 12.2. The van der Waals surface area contributed by atoms with Crippen molar-refractivity contribution in [3.8, 4) is 11.5 Å². The topological polar surface area (TPSA) is 38.7 Å². The summed E-state index contributed by atoms with van der Waals surface area (Å²) in [6.45, 7) is 3.65. The minimum atomic E-state index is 0.184. The van der Waals surface area contributed by atoms with Gasteiger partial charge in [0.1, 0.15) is 13.2 Å². The first-order chi connectivity index (χ1) is 13.2. The van der Waals surface area contributed by atoms with Gasteiger partial charge in [0.2, 0.25) is 0 Å². The van der Waals surface area contributed by atoms with Gasteiger partial charge in [-0.1, -0.05) is 55.5 Å². The fourth-order valence-corrected chi connectivity index (χ4v) is 3.97. The molecule has 0 saturated carbocycles. The number of aliphatic hydroxyl groups is 1. The van der Waals surface area contributed by atoms with Gasteiger partial charge in [0.15, 0.2) is 11.5 Å². The Hall–Kier alpha value is -2.52. The molecule has 0 aliphatic carbocycles. The first kappa shape index (κ1) is 17.9. The minimum Gasteiger partial charge on any atom is -0.486 e. The van der Waals surface area contributed by atoms with E-state index in [0.717, 1.165) is 24.3 Å². The zero-order valence-electron chi connectivity index (χ0n) is 15.7. The van der Waals surface area contributed by atoms with Crippen LogP contribution in [-0.4, -0.2) is 24.9 Å². The Bertz CT molecular complexity index is 918. The quantitative estimate of drug-likeness (QED) is 0.649. The number of hydrogen-bond donors (Lipinski definition) is 1. The summed E-state index contributed by atoms with van der Waals surface area (Å²) in [4.78, 5) is 0. The molecule has 0 bridgehead atoms. The summed E-state index contributed by atoms with van der Waals surface area (Å²) >= 11 is 0. The van der Waals surface area contributed by atoms with E-state index in [9.17, 15) is 5.11 Å². The van der Waals surface area contributed by atoms with Gasteiger partial charge in [-0.3, -0.25) is 0 Å². The maximum absolute atomic E-state index is 9.61. The molecule has 0 fully saturated rings. The zero-order chi connectivity index (χ0) is 18.6. The summed E-state index contributed by atoms with van der Waals surface area (Å²) in [5.74, 6) is 2.32. The van der Waals surface area contributed by atoms with Gasteiger partial charge in [-0.05, 0) is 58.7 Å². The molecular weight excluding hydrogens is 336 g/mol. The molecule has 140 valence electrons. The second-order valence-corrected chi connectivity index (χ2v) is 7.36. The van der Waals surface area contributed by atoms with Crippen LogP contribution in [0.25, 0.3) is 10.8 Å². The molecule has 2 atom stereocenters. The van der Waals surface area contributed by atoms with Crippen molar-refractivity contribution in [1.82, 2.24) is 0 Å². The molecular formula is C24H26O3. The van der Waals surface area contributed by atoms with Crippen molar-refractivity contribution in [3.05, 3.63) is 71.8 Å². The van der Waals surface area contributed by atoms with Gasteiger partial charge in [0.25, 0.3) is 0 Å². The Balaban J connectivity index is 1.56. The van der Waals surface area contributed by atoms with Crippen LogP contribution >= 0.6 is 0 Å². The molecule has 4 rings (SSSR count). The lowest BCUT2D eigenvalue weighted by Gasteiger charge is -2.24. The Kier molecular flexibility index (Phi) is 5.30. The zero-order valence-corrected chi connectivity index (χ0v) is 15.7. The van der Waals surface area contributed by atoms with E-state index in [4.69, 9.17) is 9.47 Å². The number of hydrogen-bond acceptors (Lipinski definition) is 3. The van der Waals surface area contributed by atoms with E-state index < -0.39 is 0 Å². The van der Waals surface area contributed by atoms with E-state index in [2.05, 4.69) is 61.5 Å². The largest absolute Gasteiger partial charge is 0.486 e. The van der Waals surface area contributed by atoms with Gasteiger partial charge in [-0.15, -0.1) is 0 Å². The lowest BCUT2D eigenvalue weighted by molar-refractivity contribution is 0.171. The Morgan fingerprint density at radius 2 is 1.59 bits per heavy atom. The van der Waals surface area contributed by atoms with Gasteiger partial charge in [-0.2, -0.15) is 0 Å². The summed E-state index contributed by atoms with van der Waals surface area (Å²) in [6.07, 6.45) is 1.73. The fraction of sp³-hybridized carbons (Fsp3) is 0.333. The second kappa shape index (κ2) is 8.01. The number of aliphatic hydroxyl groups excluding tert-OH is 1. The predicted molar refractivity (Wildman–Crippen MR) is 109 cm³/mol. The van der Waals surface area contributed by atoms with Crippen LogP contribution in [0.15, 0.2) is 60.7 Å². The van der Waals surface area contributed by atoms with E-state index in [1.54, 1.807) is 0 Å². The molecule has 0 saturated heterocycles. The summed E-state index contributed by atoms with van der Waals surface area (Å²) in [6, 6.07) is 21.4. The summed E-state index contributed by atoms with van der Waals surface area (Å²) < 4.78 is 11.4. The summed E-state index contributed by atoms with van der Waals surface area (Å²) in [5.41, 5.74) is 2.55. The highest BCUT2D eigenvalue weighted by molar-refractivity contribution is 5.83. The Morgan fingerprint density at radius 1 is 0.852 bits per heavy atom. The third kappa shape index (κ3) is 3.93. The van der Waals surface area contributed by atoms with Crippen molar-refractivity contribution in [1.29, 1.82) is 0 Å². The van der Waals surface area contributed by atoms with Gasteiger partial charge in [0.05, 0.1) is 0 Å². The molecule has 3 nitrogen and oxygen atoms in total.